The van der Waals surface area contributed by atoms with Crippen LogP contribution in [-0.2, 0) is 13.0 Å². The normalized spacial score (nSPS) is 10.9. The number of hydrogen-bond acceptors (Lipinski definition) is 4. The fraction of sp³-hybridized carbons (Fsp3) is 0.250. The van der Waals surface area contributed by atoms with Crippen molar-refractivity contribution in [3.05, 3.63) is 54.4 Å². The number of para-hydroxylation sites is 2. The first-order valence-corrected chi connectivity index (χ1v) is 7.02. The summed E-state index contributed by atoms with van der Waals surface area (Å²) in [6.07, 6.45) is 5.77. The summed E-state index contributed by atoms with van der Waals surface area (Å²) in [6.45, 7) is 2.97. The summed E-state index contributed by atoms with van der Waals surface area (Å²) in [5.74, 6) is 0.787. The van der Waals surface area contributed by atoms with Crippen molar-refractivity contribution in [3.63, 3.8) is 0 Å². The summed E-state index contributed by atoms with van der Waals surface area (Å²) in [4.78, 5) is 24.7. The summed E-state index contributed by atoms with van der Waals surface area (Å²) in [6, 6.07) is 7.97. The Hall–Kier alpha value is -2.56. The number of imidazole rings is 1. The van der Waals surface area contributed by atoms with Crippen molar-refractivity contribution in [2.24, 2.45) is 0 Å². The summed E-state index contributed by atoms with van der Waals surface area (Å²) < 4.78 is 2.12. The van der Waals surface area contributed by atoms with Crippen LogP contribution < -0.4 is 0 Å². The lowest BCUT2D eigenvalue weighted by Gasteiger charge is -2.07. The topological polar surface area (TPSA) is 60.7 Å². The van der Waals surface area contributed by atoms with E-state index in [4.69, 9.17) is 0 Å². The van der Waals surface area contributed by atoms with E-state index in [1.807, 2.05) is 24.3 Å². The zero-order valence-electron chi connectivity index (χ0n) is 11.9. The summed E-state index contributed by atoms with van der Waals surface area (Å²) >= 11 is 0. The molecule has 0 amide bonds. The Morgan fingerprint density at radius 3 is 2.71 bits per heavy atom. The van der Waals surface area contributed by atoms with Gasteiger partial charge in [0.2, 0.25) is 0 Å². The van der Waals surface area contributed by atoms with Crippen molar-refractivity contribution in [1.82, 2.24) is 19.5 Å². The van der Waals surface area contributed by atoms with Crippen LogP contribution in [0.4, 0.5) is 0 Å². The van der Waals surface area contributed by atoms with Gasteiger partial charge in [-0.15, -0.1) is 0 Å². The van der Waals surface area contributed by atoms with E-state index in [-0.39, 0.29) is 12.2 Å². The van der Waals surface area contributed by atoms with E-state index < -0.39 is 0 Å². The number of benzene rings is 1. The van der Waals surface area contributed by atoms with Gasteiger partial charge in [0.05, 0.1) is 23.0 Å². The molecule has 0 unspecified atom stereocenters. The van der Waals surface area contributed by atoms with E-state index in [1.54, 1.807) is 12.4 Å². The molecule has 3 aromatic rings. The molecule has 0 bridgehead atoms. The number of aromatic nitrogens is 4. The van der Waals surface area contributed by atoms with Gasteiger partial charge in [-0.05, 0) is 18.6 Å². The monoisotopic (exact) mass is 280 g/mol. The van der Waals surface area contributed by atoms with Gasteiger partial charge in [-0.25, -0.2) is 15.0 Å². The number of fused-ring (bicyclic) bond motifs is 1. The van der Waals surface area contributed by atoms with E-state index in [0.29, 0.717) is 5.56 Å². The number of ketones is 1. The molecule has 0 aliphatic heterocycles. The molecule has 106 valence electrons. The molecule has 3 rings (SSSR count). The average Bonchev–Trinajstić information content (AvgIpc) is 2.86. The lowest BCUT2D eigenvalue weighted by Crippen LogP contribution is -2.11. The average molecular weight is 280 g/mol. The zero-order chi connectivity index (χ0) is 14.7. The fourth-order valence-electron chi connectivity index (χ4n) is 2.42. The third-order valence-corrected chi connectivity index (χ3v) is 3.38. The van der Waals surface area contributed by atoms with Crippen LogP contribution in [0.15, 0.2) is 43.0 Å². The van der Waals surface area contributed by atoms with Gasteiger partial charge in [0.15, 0.2) is 5.78 Å². The highest BCUT2D eigenvalue weighted by molar-refractivity contribution is 5.97. The van der Waals surface area contributed by atoms with E-state index in [2.05, 4.69) is 26.4 Å². The minimum absolute atomic E-state index is 0.0109. The predicted molar refractivity (Wildman–Crippen MR) is 80.1 cm³/mol. The second kappa shape index (κ2) is 5.83. The van der Waals surface area contributed by atoms with Crippen LogP contribution in [0.25, 0.3) is 11.0 Å². The van der Waals surface area contributed by atoms with Gasteiger partial charge in [0, 0.05) is 18.9 Å². The second-order valence-electron chi connectivity index (χ2n) is 4.90. The molecule has 5 heteroatoms. The maximum absolute atomic E-state index is 12.3. The molecule has 2 aromatic heterocycles. The summed E-state index contributed by atoms with van der Waals surface area (Å²) in [5, 5.41) is 0. The quantitative estimate of drug-likeness (QED) is 0.674. The lowest BCUT2D eigenvalue weighted by molar-refractivity contribution is 0.0989. The number of nitrogens with zero attached hydrogens (tertiary/aromatic N) is 4. The van der Waals surface area contributed by atoms with Gasteiger partial charge in [0.1, 0.15) is 12.2 Å². The molecule has 0 saturated carbocycles. The van der Waals surface area contributed by atoms with Crippen molar-refractivity contribution in [2.75, 3.05) is 0 Å². The van der Waals surface area contributed by atoms with Crippen LogP contribution in [0.5, 0.6) is 0 Å². The minimum Gasteiger partial charge on any atom is -0.328 e. The highest BCUT2D eigenvalue weighted by atomic mass is 16.1. The van der Waals surface area contributed by atoms with E-state index in [0.717, 1.165) is 29.8 Å². The molecule has 2 heterocycles. The molecule has 0 fully saturated rings. The molecule has 0 N–H and O–H groups in total. The molecule has 5 nitrogen and oxygen atoms in total. The maximum Gasteiger partial charge on any atom is 0.173 e. The van der Waals surface area contributed by atoms with Crippen LogP contribution in [-0.4, -0.2) is 25.3 Å². The number of aryl methyl sites for hydroxylation is 1. The Kier molecular flexibility index (Phi) is 3.73. The second-order valence-corrected chi connectivity index (χ2v) is 4.90. The van der Waals surface area contributed by atoms with Crippen molar-refractivity contribution in [1.29, 1.82) is 0 Å². The molecule has 1 aromatic carbocycles. The Labute approximate surface area is 122 Å². The van der Waals surface area contributed by atoms with Gasteiger partial charge >= 0.3 is 0 Å². The van der Waals surface area contributed by atoms with Crippen molar-refractivity contribution in [3.8, 4) is 0 Å². The van der Waals surface area contributed by atoms with Crippen LogP contribution in [0.3, 0.4) is 0 Å². The van der Waals surface area contributed by atoms with Crippen LogP contribution in [0, 0.1) is 0 Å². The smallest absolute Gasteiger partial charge is 0.173 e. The fourth-order valence-corrected chi connectivity index (χ4v) is 2.42. The number of carbonyl (C=O) groups is 1. The van der Waals surface area contributed by atoms with Gasteiger partial charge in [-0.1, -0.05) is 19.1 Å². The van der Waals surface area contributed by atoms with Gasteiger partial charge in [-0.2, -0.15) is 0 Å². The lowest BCUT2D eigenvalue weighted by atomic mass is 10.1. The minimum atomic E-state index is -0.0109. The SMILES string of the molecule is CCCn1c(CC(=O)c2cncnc2)nc2ccccc21. The van der Waals surface area contributed by atoms with E-state index in [9.17, 15) is 4.79 Å². The Morgan fingerprint density at radius 2 is 1.95 bits per heavy atom. The first-order chi connectivity index (χ1) is 10.3. The Bertz CT molecular complexity index is 764. The zero-order valence-corrected chi connectivity index (χ0v) is 11.9. The molecule has 21 heavy (non-hydrogen) atoms. The van der Waals surface area contributed by atoms with Gasteiger partial charge in [-0.3, -0.25) is 4.79 Å². The number of hydrogen-bond donors (Lipinski definition) is 0. The molecule has 0 saturated heterocycles. The standard InChI is InChI=1S/C16H16N4O/c1-2-7-20-14-6-4-3-5-13(14)19-16(20)8-15(21)12-9-17-11-18-10-12/h3-6,9-11H,2,7-8H2,1H3. The molecule has 0 spiro atoms. The predicted octanol–water partition coefficient (Wildman–Crippen LogP) is 2.66. The van der Waals surface area contributed by atoms with Crippen LogP contribution >= 0.6 is 0 Å². The molecule has 0 aliphatic rings. The maximum atomic E-state index is 12.3. The molecular weight excluding hydrogens is 264 g/mol. The van der Waals surface area contributed by atoms with E-state index >= 15 is 0 Å². The van der Waals surface area contributed by atoms with E-state index in [1.165, 1.54) is 6.33 Å². The third-order valence-electron chi connectivity index (χ3n) is 3.38. The summed E-state index contributed by atoms with van der Waals surface area (Å²) in [7, 11) is 0. The molecular formula is C16H16N4O. The molecule has 0 aliphatic carbocycles. The molecule has 0 atom stereocenters. The highest BCUT2D eigenvalue weighted by Crippen LogP contribution is 2.18. The molecule has 0 radical (unpaired) electrons. The Balaban J connectivity index is 1.96. The highest BCUT2D eigenvalue weighted by Gasteiger charge is 2.15. The number of Topliss-reactive ketones (excluding diaryl/α,β-unsaturated/α-hetero) is 1. The van der Waals surface area contributed by atoms with Crippen molar-refractivity contribution in [2.45, 2.75) is 26.3 Å². The van der Waals surface area contributed by atoms with Gasteiger partial charge < -0.3 is 4.57 Å². The van der Waals surface area contributed by atoms with Gasteiger partial charge in [0.25, 0.3) is 0 Å². The Morgan fingerprint density at radius 1 is 1.19 bits per heavy atom. The van der Waals surface area contributed by atoms with Crippen LogP contribution in [0.2, 0.25) is 0 Å². The first-order valence-electron chi connectivity index (χ1n) is 7.02. The van der Waals surface area contributed by atoms with Crippen molar-refractivity contribution >= 4 is 16.8 Å². The largest absolute Gasteiger partial charge is 0.328 e. The summed E-state index contributed by atoms with van der Waals surface area (Å²) in [5.41, 5.74) is 2.53. The van der Waals surface area contributed by atoms with Crippen LogP contribution in [0.1, 0.15) is 29.5 Å². The number of carbonyl (C=O) groups excluding carboxylic acids is 1. The number of rotatable bonds is 5. The third kappa shape index (κ3) is 2.67. The van der Waals surface area contributed by atoms with Crippen molar-refractivity contribution < 1.29 is 4.79 Å². The first kappa shape index (κ1) is 13.4.